The molecule has 1 rings (SSSR count). The van der Waals surface area contributed by atoms with Gasteiger partial charge in [0.25, 0.3) is 0 Å². The Morgan fingerprint density at radius 3 is 2.62 bits per heavy atom. The van der Waals surface area contributed by atoms with Crippen molar-refractivity contribution in [2.45, 2.75) is 19.8 Å². The lowest BCUT2D eigenvalue weighted by atomic mass is 10.1. The molecule has 0 aliphatic rings. The Hall–Kier alpha value is -1.34. The van der Waals surface area contributed by atoms with E-state index in [9.17, 15) is 0 Å². The van der Waals surface area contributed by atoms with E-state index >= 15 is 0 Å². The molecule has 86 valence electrons. The fraction of sp³-hybridized carbons (Fsp3) is 0.333. The SMILES string of the molecule is C/C=C(/C=C/c1ccccc1)CCCOC. The zero-order chi connectivity index (χ0) is 11.6. The molecule has 0 fully saturated rings. The quantitative estimate of drug-likeness (QED) is 0.514. The van der Waals surface area contributed by atoms with Crippen LogP contribution in [0.3, 0.4) is 0 Å². The molecule has 0 amide bonds. The van der Waals surface area contributed by atoms with Gasteiger partial charge < -0.3 is 4.74 Å². The van der Waals surface area contributed by atoms with Crippen LogP contribution in [0.15, 0.2) is 48.1 Å². The van der Waals surface area contributed by atoms with E-state index in [4.69, 9.17) is 4.74 Å². The molecular weight excluding hydrogens is 196 g/mol. The lowest BCUT2D eigenvalue weighted by molar-refractivity contribution is 0.195. The average molecular weight is 216 g/mol. The molecule has 0 N–H and O–H groups in total. The topological polar surface area (TPSA) is 9.23 Å². The first kappa shape index (κ1) is 12.7. The molecule has 0 unspecified atom stereocenters. The highest BCUT2D eigenvalue weighted by Crippen LogP contribution is 2.10. The first-order valence-corrected chi connectivity index (χ1v) is 5.74. The Morgan fingerprint density at radius 1 is 1.25 bits per heavy atom. The molecule has 1 nitrogen and oxygen atoms in total. The standard InChI is InChI=1S/C15H20O/c1-3-14(10-7-13-16-2)11-12-15-8-5-4-6-9-15/h3-6,8-9,11-12H,7,10,13H2,1-2H3/b12-11+,14-3+. The van der Waals surface area contributed by atoms with Crippen molar-refractivity contribution in [1.82, 2.24) is 0 Å². The van der Waals surface area contributed by atoms with Crippen LogP contribution in [0, 0.1) is 0 Å². The minimum absolute atomic E-state index is 0.830. The Labute approximate surface area is 98.5 Å². The highest BCUT2D eigenvalue weighted by atomic mass is 16.5. The van der Waals surface area contributed by atoms with Gasteiger partial charge in [0.2, 0.25) is 0 Å². The fourth-order valence-corrected chi connectivity index (χ4v) is 1.51. The molecule has 0 saturated heterocycles. The van der Waals surface area contributed by atoms with E-state index in [0.29, 0.717) is 0 Å². The van der Waals surface area contributed by atoms with Gasteiger partial charge in [-0.15, -0.1) is 0 Å². The smallest absolute Gasteiger partial charge is 0.0465 e. The molecule has 0 aliphatic heterocycles. The Bertz CT molecular complexity index is 336. The predicted octanol–water partition coefficient (Wildman–Crippen LogP) is 4.07. The minimum atomic E-state index is 0.830. The third kappa shape index (κ3) is 4.94. The van der Waals surface area contributed by atoms with E-state index in [1.807, 2.05) is 6.07 Å². The van der Waals surface area contributed by atoms with Crippen molar-refractivity contribution in [3.8, 4) is 0 Å². The van der Waals surface area contributed by atoms with Gasteiger partial charge in [-0.05, 0) is 25.3 Å². The van der Waals surface area contributed by atoms with Crippen molar-refractivity contribution in [2.24, 2.45) is 0 Å². The summed E-state index contributed by atoms with van der Waals surface area (Å²) >= 11 is 0. The molecule has 0 heterocycles. The van der Waals surface area contributed by atoms with Crippen LogP contribution in [-0.4, -0.2) is 13.7 Å². The number of benzene rings is 1. The lowest BCUT2D eigenvalue weighted by Gasteiger charge is -2.01. The Balaban J connectivity index is 2.48. The summed E-state index contributed by atoms with van der Waals surface area (Å²) in [4.78, 5) is 0. The zero-order valence-electron chi connectivity index (χ0n) is 10.1. The van der Waals surface area contributed by atoms with Crippen molar-refractivity contribution >= 4 is 6.08 Å². The summed E-state index contributed by atoms with van der Waals surface area (Å²) in [6, 6.07) is 10.4. The maximum absolute atomic E-state index is 5.05. The summed E-state index contributed by atoms with van der Waals surface area (Å²) in [6.45, 7) is 2.91. The molecular formula is C15H20O. The Morgan fingerprint density at radius 2 is 2.00 bits per heavy atom. The van der Waals surface area contributed by atoms with Crippen molar-refractivity contribution in [3.05, 3.63) is 53.6 Å². The molecule has 1 aromatic rings. The summed E-state index contributed by atoms with van der Waals surface area (Å²) in [5, 5.41) is 0. The summed E-state index contributed by atoms with van der Waals surface area (Å²) < 4.78 is 5.05. The van der Waals surface area contributed by atoms with Gasteiger partial charge in [0.15, 0.2) is 0 Å². The summed E-state index contributed by atoms with van der Waals surface area (Å²) in [5.74, 6) is 0. The third-order valence-corrected chi connectivity index (χ3v) is 2.47. The number of methoxy groups -OCH3 is 1. The largest absolute Gasteiger partial charge is 0.385 e. The number of hydrogen-bond acceptors (Lipinski definition) is 1. The van der Waals surface area contributed by atoms with E-state index in [2.05, 4.69) is 49.4 Å². The van der Waals surface area contributed by atoms with Crippen molar-refractivity contribution in [1.29, 1.82) is 0 Å². The molecule has 0 aromatic heterocycles. The van der Waals surface area contributed by atoms with E-state index in [1.54, 1.807) is 7.11 Å². The van der Waals surface area contributed by atoms with Crippen molar-refractivity contribution in [3.63, 3.8) is 0 Å². The summed E-state index contributed by atoms with van der Waals surface area (Å²) in [6.07, 6.45) is 8.66. The summed E-state index contributed by atoms with van der Waals surface area (Å²) in [7, 11) is 1.75. The van der Waals surface area contributed by atoms with Crippen LogP contribution >= 0.6 is 0 Å². The maximum Gasteiger partial charge on any atom is 0.0465 e. The molecule has 1 aromatic carbocycles. The molecule has 0 aliphatic carbocycles. The van der Waals surface area contributed by atoms with Gasteiger partial charge in [-0.25, -0.2) is 0 Å². The van der Waals surface area contributed by atoms with Gasteiger partial charge >= 0.3 is 0 Å². The van der Waals surface area contributed by atoms with Crippen LogP contribution in [0.5, 0.6) is 0 Å². The van der Waals surface area contributed by atoms with E-state index in [0.717, 1.165) is 19.4 Å². The molecule has 0 spiro atoms. The van der Waals surface area contributed by atoms with Crippen LogP contribution in [0.25, 0.3) is 6.08 Å². The minimum Gasteiger partial charge on any atom is -0.385 e. The molecule has 0 bridgehead atoms. The van der Waals surface area contributed by atoms with Crippen LogP contribution in [0.2, 0.25) is 0 Å². The van der Waals surface area contributed by atoms with Gasteiger partial charge in [-0.2, -0.15) is 0 Å². The number of rotatable bonds is 6. The average Bonchev–Trinajstić information content (AvgIpc) is 2.35. The highest BCUT2D eigenvalue weighted by Gasteiger charge is 1.92. The predicted molar refractivity (Wildman–Crippen MR) is 70.3 cm³/mol. The van der Waals surface area contributed by atoms with Gasteiger partial charge in [-0.1, -0.05) is 54.1 Å². The second kappa shape index (κ2) is 7.89. The lowest BCUT2D eigenvalue weighted by Crippen LogP contribution is -1.89. The van der Waals surface area contributed by atoms with Gasteiger partial charge in [-0.3, -0.25) is 0 Å². The van der Waals surface area contributed by atoms with Crippen molar-refractivity contribution < 1.29 is 4.74 Å². The van der Waals surface area contributed by atoms with Crippen LogP contribution in [0.4, 0.5) is 0 Å². The summed E-state index contributed by atoms with van der Waals surface area (Å²) in [5.41, 5.74) is 2.61. The first-order chi connectivity index (χ1) is 7.86. The molecule has 0 radical (unpaired) electrons. The molecule has 0 saturated carbocycles. The molecule has 1 heteroatoms. The van der Waals surface area contributed by atoms with Crippen molar-refractivity contribution in [2.75, 3.05) is 13.7 Å². The first-order valence-electron chi connectivity index (χ1n) is 5.74. The van der Waals surface area contributed by atoms with Gasteiger partial charge in [0.05, 0.1) is 0 Å². The molecule has 0 atom stereocenters. The van der Waals surface area contributed by atoms with E-state index in [-0.39, 0.29) is 0 Å². The zero-order valence-corrected chi connectivity index (χ0v) is 10.1. The van der Waals surface area contributed by atoms with Crippen LogP contribution < -0.4 is 0 Å². The van der Waals surface area contributed by atoms with Crippen LogP contribution in [0.1, 0.15) is 25.3 Å². The highest BCUT2D eigenvalue weighted by molar-refractivity contribution is 5.52. The van der Waals surface area contributed by atoms with E-state index in [1.165, 1.54) is 11.1 Å². The maximum atomic E-state index is 5.05. The monoisotopic (exact) mass is 216 g/mol. The second-order valence-corrected chi connectivity index (χ2v) is 3.70. The number of allylic oxidation sites excluding steroid dienone is 3. The third-order valence-electron chi connectivity index (χ3n) is 2.47. The number of ether oxygens (including phenoxy) is 1. The van der Waals surface area contributed by atoms with Gasteiger partial charge in [0.1, 0.15) is 0 Å². The van der Waals surface area contributed by atoms with E-state index < -0.39 is 0 Å². The van der Waals surface area contributed by atoms with Gasteiger partial charge in [0, 0.05) is 13.7 Å². The van der Waals surface area contributed by atoms with Crippen LogP contribution in [-0.2, 0) is 4.74 Å². The Kier molecular flexibility index (Phi) is 6.28. The fourth-order valence-electron chi connectivity index (χ4n) is 1.51. The number of hydrogen-bond donors (Lipinski definition) is 0. The second-order valence-electron chi connectivity index (χ2n) is 3.70. The molecule has 16 heavy (non-hydrogen) atoms. The normalized spacial score (nSPS) is 12.2.